The lowest BCUT2D eigenvalue weighted by atomic mass is 9.83. The highest BCUT2D eigenvalue weighted by Crippen LogP contribution is 2.31. The van der Waals surface area contributed by atoms with Crippen molar-refractivity contribution in [2.75, 3.05) is 0 Å². The second-order valence-corrected chi connectivity index (χ2v) is 4.28. The molecule has 0 saturated heterocycles. The Hall–Kier alpha value is -1.84. The molecular weight excluding hydrogens is 209 g/mol. The zero-order valence-corrected chi connectivity index (χ0v) is 9.08. The van der Waals surface area contributed by atoms with Gasteiger partial charge in [0.15, 0.2) is 0 Å². The Morgan fingerprint density at radius 3 is 2.75 bits per heavy atom. The van der Waals surface area contributed by atoms with E-state index in [0.717, 1.165) is 0 Å². The van der Waals surface area contributed by atoms with E-state index in [-0.39, 0.29) is 0 Å². The van der Waals surface area contributed by atoms with Crippen molar-refractivity contribution in [2.45, 2.75) is 19.3 Å². The number of carbonyl (C=O) groups excluding carboxylic acids is 1. The molecular formula is C12H12FNO2. The van der Waals surface area contributed by atoms with Crippen LogP contribution < -0.4 is 5.73 Å². The first kappa shape index (κ1) is 10.7. The summed E-state index contributed by atoms with van der Waals surface area (Å²) >= 11 is 0. The molecule has 1 heterocycles. The maximum absolute atomic E-state index is 13.4. The van der Waals surface area contributed by atoms with E-state index in [1.807, 2.05) is 0 Å². The van der Waals surface area contributed by atoms with Crippen LogP contribution in [0.25, 0.3) is 11.0 Å². The molecule has 0 unspecified atom stereocenters. The molecule has 3 nitrogen and oxygen atoms in total. The third-order valence-corrected chi connectivity index (χ3v) is 2.81. The smallest absolute Gasteiger partial charge is 0.227 e. The lowest BCUT2D eigenvalue weighted by Gasteiger charge is -2.21. The van der Waals surface area contributed by atoms with Crippen molar-refractivity contribution in [3.63, 3.8) is 0 Å². The third kappa shape index (κ3) is 1.46. The lowest BCUT2D eigenvalue weighted by Crippen LogP contribution is -2.35. The number of benzene rings is 1. The molecule has 0 aliphatic carbocycles. The van der Waals surface area contributed by atoms with Gasteiger partial charge >= 0.3 is 0 Å². The zero-order chi connectivity index (χ0) is 11.9. The standard InChI is InChI=1S/C12H12FNO2/c1-12(2,11(14)15)9-6-8(13)5-7-3-4-16-10(7)9/h3-6H,1-2H3,(H2,14,15). The first-order valence-corrected chi connectivity index (χ1v) is 4.90. The molecule has 0 atom stereocenters. The summed E-state index contributed by atoms with van der Waals surface area (Å²) in [7, 11) is 0. The SMILES string of the molecule is CC(C)(C(N)=O)c1cc(F)cc2ccoc12. The Morgan fingerprint density at radius 1 is 1.44 bits per heavy atom. The van der Waals surface area contributed by atoms with Crippen LogP contribution in [0.15, 0.2) is 28.9 Å². The molecule has 1 aromatic heterocycles. The van der Waals surface area contributed by atoms with Crippen molar-refractivity contribution in [1.82, 2.24) is 0 Å². The number of primary amides is 1. The molecule has 0 radical (unpaired) electrons. The molecule has 0 aliphatic heterocycles. The van der Waals surface area contributed by atoms with Crippen LogP contribution in [-0.4, -0.2) is 5.91 Å². The molecule has 0 aliphatic rings. The van der Waals surface area contributed by atoms with Crippen LogP contribution in [-0.2, 0) is 10.2 Å². The second kappa shape index (κ2) is 3.33. The largest absolute Gasteiger partial charge is 0.464 e. The molecule has 84 valence electrons. The third-order valence-electron chi connectivity index (χ3n) is 2.81. The normalized spacial score (nSPS) is 11.9. The number of hydrogen-bond acceptors (Lipinski definition) is 2. The Labute approximate surface area is 92.0 Å². The van der Waals surface area contributed by atoms with E-state index in [4.69, 9.17) is 10.2 Å². The van der Waals surface area contributed by atoms with Crippen LogP contribution >= 0.6 is 0 Å². The number of hydrogen-bond donors (Lipinski definition) is 1. The van der Waals surface area contributed by atoms with Crippen LogP contribution in [0.5, 0.6) is 0 Å². The van der Waals surface area contributed by atoms with E-state index in [2.05, 4.69) is 0 Å². The van der Waals surface area contributed by atoms with Crippen molar-refractivity contribution in [3.05, 3.63) is 35.8 Å². The summed E-state index contributed by atoms with van der Waals surface area (Å²) in [5.74, 6) is -0.922. The van der Waals surface area contributed by atoms with Gasteiger partial charge in [-0.15, -0.1) is 0 Å². The Morgan fingerprint density at radius 2 is 2.12 bits per heavy atom. The number of fused-ring (bicyclic) bond motifs is 1. The number of halogens is 1. The van der Waals surface area contributed by atoms with Crippen molar-refractivity contribution >= 4 is 16.9 Å². The van der Waals surface area contributed by atoms with Crippen LogP contribution in [0.3, 0.4) is 0 Å². The molecule has 2 aromatic rings. The first-order valence-electron chi connectivity index (χ1n) is 4.90. The summed E-state index contributed by atoms with van der Waals surface area (Å²) in [6.07, 6.45) is 1.46. The quantitative estimate of drug-likeness (QED) is 0.846. The fourth-order valence-electron chi connectivity index (χ4n) is 1.64. The van der Waals surface area contributed by atoms with Gasteiger partial charge in [0, 0.05) is 10.9 Å². The van der Waals surface area contributed by atoms with Gasteiger partial charge in [-0.05, 0) is 32.0 Å². The predicted molar refractivity (Wildman–Crippen MR) is 58.4 cm³/mol. The van der Waals surface area contributed by atoms with E-state index in [1.54, 1.807) is 19.9 Å². The van der Waals surface area contributed by atoms with E-state index >= 15 is 0 Å². The van der Waals surface area contributed by atoms with Crippen molar-refractivity contribution < 1.29 is 13.6 Å². The summed E-state index contributed by atoms with van der Waals surface area (Å²) in [4.78, 5) is 11.4. The van der Waals surface area contributed by atoms with Crippen LogP contribution in [0.1, 0.15) is 19.4 Å². The lowest BCUT2D eigenvalue weighted by molar-refractivity contribution is -0.122. The summed E-state index contributed by atoms with van der Waals surface area (Å²) in [6.45, 7) is 3.29. The number of amides is 1. The topological polar surface area (TPSA) is 56.2 Å². The zero-order valence-electron chi connectivity index (χ0n) is 9.08. The summed E-state index contributed by atoms with van der Waals surface area (Å²) < 4.78 is 18.6. The molecule has 2 N–H and O–H groups in total. The summed E-state index contributed by atoms with van der Waals surface area (Å²) in [5.41, 5.74) is 5.33. The molecule has 1 amide bonds. The highest BCUT2D eigenvalue weighted by Gasteiger charge is 2.31. The molecule has 0 fully saturated rings. The van der Waals surface area contributed by atoms with Gasteiger partial charge in [0.1, 0.15) is 11.4 Å². The fourth-order valence-corrected chi connectivity index (χ4v) is 1.64. The molecule has 0 saturated carbocycles. The van der Waals surface area contributed by atoms with Crippen LogP contribution in [0.2, 0.25) is 0 Å². The van der Waals surface area contributed by atoms with Gasteiger partial charge in [0.2, 0.25) is 5.91 Å². The highest BCUT2D eigenvalue weighted by atomic mass is 19.1. The van der Waals surface area contributed by atoms with Gasteiger partial charge in [-0.1, -0.05) is 0 Å². The van der Waals surface area contributed by atoms with Gasteiger partial charge in [-0.25, -0.2) is 4.39 Å². The van der Waals surface area contributed by atoms with Crippen molar-refractivity contribution in [2.24, 2.45) is 5.73 Å². The first-order chi connectivity index (χ1) is 7.43. The average molecular weight is 221 g/mol. The van der Waals surface area contributed by atoms with E-state index < -0.39 is 17.1 Å². The number of nitrogens with two attached hydrogens (primary N) is 1. The minimum Gasteiger partial charge on any atom is -0.464 e. The van der Waals surface area contributed by atoms with Gasteiger partial charge in [-0.2, -0.15) is 0 Å². The van der Waals surface area contributed by atoms with Gasteiger partial charge in [-0.3, -0.25) is 4.79 Å². The van der Waals surface area contributed by atoms with E-state index in [1.165, 1.54) is 18.4 Å². The predicted octanol–water partition coefficient (Wildman–Crippen LogP) is 2.33. The molecule has 0 spiro atoms. The monoisotopic (exact) mass is 221 g/mol. The van der Waals surface area contributed by atoms with Crippen molar-refractivity contribution in [1.29, 1.82) is 0 Å². The maximum atomic E-state index is 13.4. The molecule has 1 aromatic carbocycles. The van der Waals surface area contributed by atoms with Crippen LogP contribution in [0, 0.1) is 5.82 Å². The highest BCUT2D eigenvalue weighted by molar-refractivity contribution is 5.92. The minimum absolute atomic E-state index is 0.404. The Kier molecular flexibility index (Phi) is 2.22. The summed E-state index contributed by atoms with van der Waals surface area (Å²) in [6, 6.07) is 4.30. The second-order valence-electron chi connectivity index (χ2n) is 4.28. The molecule has 4 heteroatoms. The maximum Gasteiger partial charge on any atom is 0.227 e. The van der Waals surface area contributed by atoms with Crippen LogP contribution in [0.4, 0.5) is 4.39 Å². The average Bonchev–Trinajstić information content (AvgIpc) is 2.63. The van der Waals surface area contributed by atoms with Gasteiger partial charge < -0.3 is 10.2 Å². The molecule has 0 bridgehead atoms. The van der Waals surface area contributed by atoms with Gasteiger partial charge in [0.05, 0.1) is 11.7 Å². The number of rotatable bonds is 2. The number of furan rings is 1. The number of carbonyl (C=O) groups is 1. The van der Waals surface area contributed by atoms with E-state index in [9.17, 15) is 9.18 Å². The Balaban J connectivity index is 2.77. The molecule has 2 rings (SSSR count). The minimum atomic E-state index is -0.960. The Bertz CT molecular complexity index is 557. The molecule has 16 heavy (non-hydrogen) atoms. The van der Waals surface area contributed by atoms with Gasteiger partial charge in [0.25, 0.3) is 0 Å². The van der Waals surface area contributed by atoms with Crippen molar-refractivity contribution in [3.8, 4) is 0 Å². The summed E-state index contributed by atoms with van der Waals surface area (Å²) in [5, 5.41) is 0.629. The van der Waals surface area contributed by atoms with E-state index in [0.29, 0.717) is 16.5 Å². The fraction of sp³-hybridized carbons (Fsp3) is 0.250.